The molecule has 0 bridgehead atoms. The number of benzene rings is 1. The Bertz CT molecular complexity index is 1300. The molecule has 7 nitrogen and oxygen atoms in total. The quantitative estimate of drug-likeness (QED) is 0.366. The van der Waals surface area contributed by atoms with Crippen LogP contribution in [-0.4, -0.2) is 50.7 Å². The fourth-order valence-corrected chi connectivity index (χ4v) is 5.91. The molecule has 0 spiro atoms. The second-order valence-electron chi connectivity index (χ2n) is 9.36. The van der Waals surface area contributed by atoms with Gasteiger partial charge >= 0.3 is 0 Å². The molecule has 1 aromatic carbocycles. The minimum atomic E-state index is 0.434. The first-order chi connectivity index (χ1) is 17.0. The Labute approximate surface area is 211 Å². The summed E-state index contributed by atoms with van der Waals surface area (Å²) in [6.45, 7) is 10.1. The lowest BCUT2D eigenvalue weighted by atomic mass is 10.0. The number of piperidine rings is 1. The predicted octanol–water partition coefficient (Wildman–Crippen LogP) is 5.20. The van der Waals surface area contributed by atoms with Gasteiger partial charge in [0.25, 0.3) is 0 Å². The molecule has 1 aliphatic heterocycles. The molecule has 0 unspecified atom stereocenters. The maximum absolute atomic E-state index is 5.66. The van der Waals surface area contributed by atoms with Crippen molar-refractivity contribution in [3.63, 3.8) is 0 Å². The van der Waals surface area contributed by atoms with Gasteiger partial charge in [0.1, 0.15) is 28.0 Å². The number of thiophene rings is 1. The predicted molar refractivity (Wildman–Crippen MR) is 143 cm³/mol. The van der Waals surface area contributed by atoms with E-state index in [2.05, 4.69) is 62.9 Å². The molecule has 1 fully saturated rings. The molecule has 4 heterocycles. The molecule has 0 radical (unpaired) electrons. The van der Waals surface area contributed by atoms with Gasteiger partial charge in [0.2, 0.25) is 0 Å². The minimum Gasteiger partial charge on any atom is -0.496 e. The molecule has 1 saturated heterocycles. The number of likely N-dealkylation sites (tertiary alicyclic amines) is 1. The van der Waals surface area contributed by atoms with Crippen LogP contribution in [0.4, 0.5) is 5.82 Å². The van der Waals surface area contributed by atoms with Crippen molar-refractivity contribution >= 4 is 27.4 Å². The van der Waals surface area contributed by atoms with Crippen molar-refractivity contribution in [1.29, 1.82) is 0 Å². The lowest BCUT2D eigenvalue weighted by molar-refractivity contribution is 0.211. The number of rotatable bonds is 8. The largest absolute Gasteiger partial charge is 0.496 e. The molecule has 4 aromatic rings. The lowest BCUT2D eigenvalue weighted by Crippen LogP contribution is -2.38. The van der Waals surface area contributed by atoms with Gasteiger partial charge in [-0.15, -0.1) is 11.3 Å². The fraction of sp³-hybridized carbons (Fsp3) is 0.444. The van der Waals surface area contributed by atoms with Gasteiger partial charge in [-0.2, -0.15) is 0 Å². The van der Waals surface area contributed by atoms with Gasteiger partial charge in [-0.05, 0) is 50.5 Å². The number of anilines is 1. The SMILES string of the molecule is CCc1nccn1Cc1cc(CN2CCC(Nc3nc(C)nc4sc(C)cc34)CC2)ccc1OC. The summed E-state index contributed by atoms with van der Waals surface area (Å²) in [6.07, 6.45) is 7.05. The molecule has 3 aromatic heterocycles. The average molecular weight is 491 g/mol. The number of aryl methyl sites for hydroxylation is 3. The van der Waals surface area contributed by atoms with Crippen LogP contribution in [0.15, 0.2) is 36.7 Å². The van der Waals surface area contributed by atoms with Gasteiger partial charge in [-0.3, -0.25) is 4.90 Å². The van der Waals surface area contributed by atoms with Gasteiger partial charge < -0.3 is 14.6 Å². The second kappa shape index (κ2) is 10.3. The third-order valence-corrected chi connectivity index (χ3v) is 7.71. The van der Waals surface area contributed by atoms with Crippen LogP contribution in [-0.2, 0) is 19.5 Å². The molecule has 8 heteroatoms. The Balaban J connectivity index is 1.22. The number of fused-ring (bicyclic) bond motifs is 1. The average Bonchev–Trinajstić information content (AvgIpc) is 3.45. The highest BCUT2D eigenvalue weighted by molar-refractivity contribution is 7.18. The molecule has 35 heavy (non-hydrogen) atoms. The van der Waals surface area contributed by atoms with Crippen LogP contribution in [0.3, 0.4) is 0 Å². The van der Waals surface area contributed by atoms with Crippen LogP contribution in [0.1, 0.15) is 47.4 Å². The first kappa shape index (κ1) is 23.8. The highest BCUT2D eigenvalue weighted by Gasteiger charge is 2.21. The topological polar surface area (TPSA) is 68.1 Å². The number of methoxy groups -OCH3 is 1. The number of imidazole rings is 1. The first-order valence-electron chi connectivity index (χ1n) is 12.4. The zero-order chi connectivity index (χ0) is 24.4. The van der Waals surface area contributed by atoms with Gasteiger partial charge in [0, 0.05) is 54.9 Å². The fourth-order valence-electron chi connectivity index (χ4n) is 4.98. The van der Waals surface area contributed by atoms with Crippen molar-refractivity contribution in [1.82, 2.24) is 24.4 Å². The Hall–Kier alpha value is -2.97. The van der Waals surface area contributed by atoms with Crippen molar-refractivity contribution in [3.05, 3.63) is 64.3 Å². The molecule has 0 amide bonds. The molecule has 184 valence electrons. The number of ether oxygens (including phenoxy) is 1. The molecular formula is C27H34N6OS. The van der Waals surface area contributed by atoms with Crippen molar-refractivity contribution in [2.24, 2.45) is 0 Å². The first-order valence-corrected chi connectivity index (χ1v) is 13.2. The summed E-state index contributed by atoms with van der Waals surface area (Å²) >= 11 is 1.74. The van der Waals surface area contributed by atoms with Crippen molar-refractivity contribution < 1.29 is 4.74 Å². The maximum atomic E-state index is 5.66. The molecule has 5 rings (SSSR count). The summed E-state index contributed by atoms with van der Waals surface area (Å²) in [6, 6.07) is 9.23. The Morgan fingerprint density at radius 2 is 1.94 bits per heavy atom. The summed E-state index contributed by atoms with van der Waals surface area (Å²) in [7, 11) is 1.75. The van der Waals surface area contributed by atoms with Crippen LogP contribution >= 0.6 is 11.3 Å². The van der Waals surface area contributed by atoms with Gasteiger partial charge in [-0.1, -0.05) is 13.0 Å². The minimum absolute atomic E-state index is 0.434. The van der Waals surface area contributed by atoms with E-state index in [1.807, 2.05) is 19.3 Å². The van der Waals surface area contributed by atoms with Crippen LogP contribution in [0.25, 0.3) is 10.2 Å². The van der Waals surface area contributed by atoms with Gasteiger partial charge in [-0.25, -0.2) is 15.0 Å². The molecule has 1 N–H and O–H groups in total. The third-order valence-electron chi connectivity index (χ3n) is 6.77. The summed E-state index contributed by atoms with van der Waals surface area (Å²) in [5.74, 6) is 3.85. The van der Waals surface area contributed by atoms with Crippen LogP contribution in [0, 0.1) is 13.8 Å². The van der Waals surface area contributed by atoms with Crippen molar-refractivity contribution in [2.45, 2.75) is 59.2 Å². The Morgan fingerprint density at radius 1 is 1.11 bits per heavy atom. The highest BCUT2D eigenvalue weighted by atomic mass is 32.1. The summed E-state index contributed by atoms with van der Waals surface area (Å²) in [4.78, 5) is 18.7. The number of nitrogens with zero attached hydrogens (tertiary/aromatic N) is 5. The molecule has 1 aliphatic rings. The van der Waals surface area contributed by atoms with E-state index in [1.165, 1.54) is 16.0 Å². The van der Waals surface area contributed by atoms with E-state index in [9.17, 15) is 0 Å². The second-order valence-corrected chi connectivity index (χ2v) is 10.6. The van der Waals surface area contributed by atoms with Crippen LogP contribution in [0.5, 0.6) is 5.75 Å². The zero-order valence-electron chi connectivity index (χ0n) is 21.0. The normalized spacial score (nSPS) is 15.1. The van der Waals surface area contributed by atoms with E-state index in [-0.39, 0.29) is 0 Å². The van der Waals surface area contributed by atoms with Crippen molar-refractivity contribution in [3.8, 4) is 5.75 Å². The van der Waals surface area contributed by atoms with E-state index in [1.54, 1.807) is 18.4 Å². The number of hydrogen-bond donors (Lipinski definition) is 1. The van der Waals surface area contributed by atoms with E-state index in [0.717, 1.165) is 78.9 Å². The van der Waals surface area contributed by atoms with Gasteiger partial charge in [0.05, 0.1) is 19.0 Å². The Kier molecular flexibility index (Phi) is 7.02. The number of nitrogens with one attached hydrogen (secondary N) is 1. The molecule has 0 atom stereocenters. The molecular weight excluding hydrogens is 456 g/mol. The van der Waals surface area contributed by atoms with Crippen LogP contribution < -0.4 is 10.1 Å². The third kappa shape index (κ3) is 5.33. The van der Waals surface area contributed by atoms with E-state index in [0.29, 0.717) is 6.04 Å². The van der Waals surface area contributed by atoms with E-state index >= 15 is 0 Å². The highest BCUT2D eigenvalue weighted by Crippen LogP contribution is 2.30. The summed E-state index contributed by atoms with van der Waals surface area (Å²) < 4.78 is 7.87. The number of hydrogen-bond acceptors (Lipinski definition) is 7. The summed E-state index contributed by atoms with van der Waals surface area (Å²) in [5.41, 5.74) is 2.52. The molecule has 0 saturated carbocycles. The van der Waals surface area contributed by atoms with Gasteiger partial charge in [0.15, 0.2) is 0 Å². The zero-order valence-corrected chi connectivity index (χ0v) is 21.9. The number of aromatic nitrogens is 4. The van der Waals surface area contributed by atoms with Crippen LogP contribution in [0.2, 0.25) is 0 Å². The standard InChI is InChI=1S/C27H34N6OS/c1-5-25-28-10-13-33(25)17-21-15-20(6-7-24(21)34-4)16-32-11-8-22(9-12-32)31-26-23-14-18(2)35-27(23)30-19(3)29-26/h6-7,10,13-15,22H,5,8-9,11-12,16-17H2,1-4H3,(H,29,30,31). The maximum Gasteiger partial charge on any atom is 0.138 e. The summed E-state index contributed by atoms with van der Waals surface area (Å²) in [5, 5.41) is 4.87. The van der Waals surface area contributed by atoms with E-state index in [4.69, 9.17) is 9.72 Å². The van der Waals surface area contributed by atoms with Crippen molar-refractivity contribution in [2.75, 3.05) is 25.5 Å². The lowest BCUT2D eigenvalue weighted by Gasteiger charge is -2.33. The monoisotopic (exact) mass is 490 g/mol. The molecule has 0 aliphatic carbocycles. The smallest absolute Gasteiger partial charge is 0.138 e. The Morgan fingerprint density at radius 3 is 2.71 bits per heavy atom. The van der Waals surface area contributed by atoms with E-state index < -0.39 is 0 Å².